The highest BCUT2D eigenvalue weighted by atomic mass is 16.5. The van der Waals surface area contributed by atoms with Gasteiger partial charge in [0.1, 0.15) is 5.75 Å². The fourth-order valence-electron chi connectivity index (χ4n) is 1.87. The van der Waals surface area contributed by atoms with Crippen molar-refractivity contribution in [2.75, 3.05) is 5.32 Å². The minimum Gasteiger partial charge on any atom is -0.454 e. The summed E-state index contributed by atoms with van der Waals surface area (Å²) in [5.74, 6) is 0.709. The van der Waals surface area contributed by atoms with E-state index in [9.17, 15) is 4.79 Å². The molecule has 6 nitrogen and oxygen atoms in total. The summed E-state index contributed by atoms with van der Waals surface area (Å²) in [7, 11) is 0. The van der Waals surface area contributed by atoms with Crippen molar-refractivity contribution in [3.8, 4) is 11.5 Å². The fourth-order valence-corrected chi connectivity index (χ4v) is 1.87. The average molecular weight is 252 g/mol. The van der Waals surface area contributed by atoms with E-state index in [4.69, 9.17) is 10.3 Å². The molecule has 0 aromatic heterocycles. The lowest BCUT2D eigenvalue weighted by Gasteiger charge is -2.06. The highest BCUT2D eigenvalue weighted by Crippen LogP contribution is 2.36. The first-order valence-electron chi connectivity index (χ1n) is 5.55. The first-order chi connectivity index (χ1) is 9.28. The molecule has 19 heavy (non-hydrogen) atoms. The second-order valence-electron chi connectivity index (χ2n) is 3.92. The van der Waals surface area contributed by atoms with Gasteiger partial charge < -0.3 is 10.1 Å². The summed E-state index contributed by atoms with van der Waals surface area (Å²) >= 11 is 0. The zero-order valence-corrected chi connectivity index (χ0v) is 9.70. The molecule has 0 aliphatic carbocycles. The van der Waals surface area contributed by atoms with E-state index in [1.807, 2.05) is 12.1 Å². The van der Waals surface area contributed by atoms with Gasteiger partial charge in [0.25, 0.3) is 5.91 Å². The first-order valence-corrected chi connectivity index (χ1v) is 5.55. The molecule has 1 aliphatic rings. The Labute approximate surface area is 108 Å². The topological polar surface area (TPSA) is 87.1 Å². The molecule has 1 N–H and O–H groups in total. The molecule has 0 radical (unpaired) electrons. The number of benzene rings is 2. The van der Waals surface area contributed by atoms with Gasteiger partial charge in [-0.15, -0.1) is 0 Å². The molecular weight excluding hydrogens is 244 g/mol. The molecule has 0 fully saturated rings. The largest absolute Gasteiger partial charge is 0.454 e. The number of nitrogens with zero attached hydrogens (tertiary/aromatic N) is 3. The zero-order valence-electron chi connectivity index (χ0n) is 9.70. The van der Waals surface area contributed by atoms with Gasteiger partial charge in [0.05, 0.1) is 11.3 Å². The van der Waals surface area contributed by atoms with Crippen molar-refractivity contribution in [1.82, 2.24) is 0 Å². The smallest absolute Gasteiger partial charge is 0.259 e. The minimum absolute atomic E-state index is 0.296. The van der Waals surface area contributed by atoms with Gasteiger partial charge in [-0.2, -0.15) is 0 Å². The van der Waals surface area contributed by atoms with E-state index in [0.29, 0.717) is 28.4 Å². The number of rotatable bonds is 1. The number of para-hydroxylation sites is 2. The number of hydrogen-bond donors (Lipinski definition) is 1. The summed E-state index contributed by atoms with van der Waals surface area (Å²) in [6, 6.07) is 11.9. The fraction of sp³-hybridized carbons (Fsp3) is 0. The van der Waals surface area contributed by atoms with E-state index in [-0.39, 0.29) is 5.91 Å². The minimum atomic E-state index is -0.296. The van der Waals surface area contributed by atoms with Crippen LogP contribution >= 0.6 is 0 Å². The zero-order chi connectivity index (χ0) is 13.2. The highest BCUT2D eigenvalue weighted by Gasteiger charge is 2.20. The Morgan fingerprint density at radius 2 is 2.00 bits per heavy atom. The van der Waals surface area contributed by atoms with Crippen molar-refractivity contribution in [3.63, 3.8) is 0 Å². The van der Waals surface area contributed by atoms with Crippen LogP contribution in [0.4, 0.5) is 11.4 Å². The van der Waals surface area contributed by atoms with Crippen LogP contribution in [0.1, 0.15) is 10.4 Å². The Bertz CT molecular complexity index is 720. The quantitative estimate of drug-likeness (QED) is 0.472. The molecule has 1 amide bonds. The third-order valence-corrected chi connectivity index (χ3v) is 2.72. The molecule has 0 spiro atoms. The summed E-state index contributed by atoms with van der Waals surface area (Å²) in [6.45, 7) is 0. The summed E-state index contributed by atoms with van der Waals surface area (Å²) in [5.41, 5.74) is 9.72. The summed E-state index contributed by atoms with van der Waals surface area (Å²) in [5, 5.41) is 6.22. The normalized spacial score (nSPS) is 12.1. The predicted octanol–water partition coefficient (Wildman–Crippen LogP) is 3.99. The van der Waals surface area contributed by atoms with Gasteiger partial charge in [-0.25, -0.2) is 0 Å². The number of fused-ring (bicyclic) bond motifs is 2. The van der Waals surface area contributed by atoms with Crippen LogP contribution in [0.5, 0.6) is 11.5 Å². The maximum Gasteiger partial charge on any atom is 0.259 e. The Hall–Kier alpha value is -2.98. The van der Waals surface area contributed by atoms with Gasteiger partial charge in [0.2, 0.25) is 0 Å². The number of ether oxygens (including phenoxy) is 1. The van der Waals surface area contributed by atoms with Crippen LogP contribution < -0.4 is 10.1 Å². The lowest BCUT2D eigenvalue weighted by atomic mass is 10.1. The number of hydrogen-bond acceptors (Lipinski definition) is 3. The Morgan fingerprint density at radius 1 is 1.16 bits per heavy atom. The number of amides is 1. The second-order valence-corrected chi connectivity index (χ2v) is 3.92. The SMILES string of the molecule is [N-]=[N+]=Nc1ccc2c(c1)C(=O)Nc1ccccc1O2. The molecule has 2 aromatic carbocycles. The van der Waals surface area contributed by atoms with Crippen molar-refractivity contribution in [3.05, 3.63) is 58.5 Å². The number of azide groups is 1. The standard InChI is InChI=1S/C13H8N4O2/c14-17-16-8-5-6-11-9(7-8)13(18)15-10-3-1-2-4-12(10)19-11/h1-7H,(H,15,18). The van der Waals surface area contributed by atoms with Crippen molar-refractivity contribution >= 4 is 17.3 Å². The number of nitrogens with one attached hydrogen (secondary N) is 1. The Kier molecular flexibility index (Phi) is 2.55. The molecule has 0 saturated heterocycles. The van der Waals surface area contributed by atoms with Crippen LogP contribution in [0.3, 0.4) is 0 Å². The molecule has 92 valence electrons. The second kappa shape index (κ2) is 4.36. The van der Waals surface area contributed by atoms with E-state index in [2.05, 4.69) is 15.3 Å². The van der Waals surface area contributed by atoms with Gasteiger partial charge in [-0.05, 0) is 35.9 Å². The molecule has 1 heterocycles. The predicted molar refractivity (Wildman–Crippen MR) is 69.7 cm³/mol. The third-order valence-electron chi connectivity index (χ3n) is 2.72. The molecule has 2 aromatic rings. The van der Waals surface area contributed by atoms with Crippen LogP contribution in [0.2, 0.25) is 0 Å². The molecule has 1 aliphatic heterocycles. The van der Waals surface area contributed by atoms with Crippen LogP contribution in [-0.2, 0) is 0 Å². The van der Waals surface area contributed by atoms with E-state index in [1.54, 1.807) is 24.3 Å². The summed E-state index contributed by atoms with van der Waals surface area (Å²) in [6.07, 6.45) is 0. The maximum absolute atomic E-state index is 12.1. The van der Waals surface area contributed by atoms with Gasteiger partial charge in [0.15, 0.2) is 5.75 Å². The molecule has 0 unspecified atom stereocenters. The summed E-state index contributed by atoms with van der Waals surface area (Å²) < 4.78 is 5.69. The molecular formula is C13H8N4O2. The molecule has 0 bridgehead atoms. The highest BCUT2D eigenvalue weighted by molar-refractivity contribution is 6.08. The molecule has 0 saturated carbocycles. The average Bonchev–Trinajstić information content (AvgIpc) is 2.56. The van der Waals surface area contributed by atoms with E-state index in [1.165, 1.54) is 6.07 Å². The molecule has 6 heteroatoms. The van der Waals surface area contributed by atoms with Gasteiger partial charge in [-0.3, -0.25) is 4.79 Å². The molecule has 3 rings (SSSR count). The van der Waals surface area contributed by atoms with Crippen LogP contribution in [0.25, 0.3) is 10.4 Å². The third kappa shape index (κ3) is 1.96. The summed E-state index contributed by atoms with van der Waals surface area (Å²) in [4.78, 5) is 14.8. The van der Waals surface area contributed by atoms with Crippen LogP contribution in [0, 0.1) is 0 Å². The van der Waals surface area contributed by atoms with Crippen molar-refractivity contribution in [1.29, 1.82) is 0 Å². The van der Waals surface area contributed by atoms with Crippen molar-refractivity contribution in [2.24, 2.45) is 5.11 Å². The lowest BCUT2D eigenvalue weighted by Crippen LogP contribution is -2.10. The van der Waals surface area contributed by atoms with Gasteiger partial charge in [0, 0.05) is 10.6 Å². The monoisotopic (exact) mass is 252 g/mol. The number of carbonyl (C=O) groups excluding carboxylic acids is 1. The Morgan fingerprint density at radius 3 is 2.84 bits per heavy atom. The van der Waals surface area contributed by atoms with Crippen LogP contribution in [-0.4, -0.2) is 5.91 Å². The van der Waals surface area contributed by atoms with E-state index < -0.39 is 0 Å². The van der Waals surface area contributed by atoms with Gasteiger partial charge >= 0.3 is 0 Å². The maximum atomic E-state index is 12.1. The van der Waals surface area contributed by atoms with Crippen LogP contribution in [0.15, 0.2) is 47.6 Å². The molecule has 0 atom stereocenters. The Balaban J connectivity index is 2.13. The lowest BCUT2D eigenvalue weighted by molar-refractivity contribution is 0.102. The number of anilines is 1. The van der Waals surface area contributed by atoms with Crippen molar-refractivity contribution < 1.29 is 9.53 Å². The van der Waals surface area contributed by atoms with E-state index >= 15 is 0 Å². The number of carbonyl (C=O) groups is 1. The van der Waals surface area contributed by atoms with Crippen molar-refractivity contribution in [2.45, 2.75) is 0 Å². The van der Waals surface area contributed by atoms with E-state index in [0.717, 1.165) is 0 Å². The van der Waals surface area contributed by atoms with Gasteiger partial charge in [-0.1, -0.05) is 17.2 Å². The first kappa shape index (κ1) is 11.1.